The largest absolute Gasteiger partial charge is 0.349 e. The Bertz CT molecular complexity index is 432. The lowest BCUT2D eigenvalue weighted by molar-refractivity contribution is 0.209. The molecule has 0 aliphatic rings. The van der Waals surface area contributed by atoms with Crippen LogP contribution < -0.4 is 4.90 Å². The van der Waals surface area contributed by atoms with Gasteiger partial charge in [0.1, 0.15) is 14.1 Å². The van der Waals surface area contributed by atoms with E-state index in [2.05, 4.69) is 44.1 Å². The molecule has 0 bridgehead atoms. The van der Waals surface area contributed by atoms with E-state index in [1.54, 1.807) is 0 Å². The van der Waals surface area contributed by atoms with Gasteiger partial charge in [-0.05, 0) is 25.0 Å². The summed E-state index contributed by atoms with van der Waals surface area (Å²) in [6, 6.07) is 10.3. The lowest BCUT2D eigenvalue weighted by atomic mass is 10.1. The first-order valence-corrected chi connectivity index (χ1v) is 10.1. The van der Waals surface area contributed by atoms with Gasteiger partial charge in [-0.2, -0.15) is 0 Å². The first-order valence-electron chi connectivity index (χ1n) is 7.82. The third-order valence-electron chi connectivity index (χ3n) is 3.73. The Labute approximate surface area is 130 Å². The highest BCUT2D eigenvalue weighted by Crippen LogP contribution is 2.44. The standard InChI is InChI=1S/C17H30NO2P/c1-6-16(7-2)14-19-21(4,5)20-15-18(8-3)17-12-10-9-11-13-17/h9-13,16H,4,6-8,14-15H2,1-3,5H3. The first kappa shape index (κ1) is 18.3. The Hall–Kier alpha value is -0.760. The fourth-order valence-electron chi connectivity index (χ4n) is 2.00. The van der Waals surface area contributed by atoms with Gasteiger partial charge in [0.15, 0.2) is 0 Å². The highest BCUT2D eigenvalue weighted by Gasteiger charge is 2.14. The molecule has 1 unspecified atom stereocenters. The molecule has 0 aliphatic heterocycles. The van der Waals surface area contributed by atoms with Gasteiger partial charge in [-0.15, -0.1) is 0 Å². The van der Waals surface area contributed by atoms with Crippen LogP contribution in [0.1, 0.15) is 33.6 Å². The van der Waals surface area contributed by atoms with Crippen LogP contribution in [0.3, 0.4) is 0 Å². The van der Waals surface area contributed by atoms with Crippen molar-refractivity contribution in [1.29, 1.82) is 0 Å². The van der Waals surface area contributed by atoms with Crippen LogP contribution in [0.15, 0.2) is 30.3 Å². The smallest absolute Gasteiger partial charge is 0.125 e. The van der Waals surface area contributed by atoms with Crippen molar-refractivity contribution in [2.75, 3.05) is 31.4 Å². The van der Waals surface area contributed by atoms with Crippen LogP contribution in [0.4, 0.5) is 5.69 Å². The summed E-state index contributed by atoms with van der Waals surface area (Å²) in [5.74, 6) is 0.603. The molecule has 3 nitrogen and oxygen atoms in total. The Kier molecular flexibility index (Phi) is 8.10. The SMILES string of the molecule is C=P(C)(OCC(CC)CC)OCN(CC)c1ccccc1. The van der Waals surface area contributed by atoms with E-state index in [-0.39, 0.29) is 0 Å². The maximum Gasteiger partial charge on any atom is 0.125 e. The number of nitrogens with zero attached hydrogens (tertiary/aromatic N) is 1. The van der Waals surface area contributed by atoms with Gasteiger partial charge >= 0.3 is 0 Å². The van der Waals surface area contributed by atoms with Crippen LogP contribution in [-0.4, -0.2) is 32.8 Å². The minimum Gasteiger partial charge on any atom is -0.349 e. The normalized spacial score (nSPS) is 14.1. The molecule has 1 rings (SSSR count). The number of para-hydroxylation sites is 1. The molecule has 21 heavy (non-hydrogen) atoms. The molecule has 0 spiro atoms. The van der Waals surface area contributed by atoms with Crippen LogP contribution in [0.25, 0.3) is 0 Å². The van der Waals surface area contributed by atoms with Gasteiger partial charge in [0.2, 0.25) is 0 Å². The van der Waals surface area contributed by atoms with Gasteiger partial charge in [0.25, 0.3) is 0 Å². The quantitative estimate of drug-likeness (QED) is 0.455. The van der Waals surface area contributed by atoms with E-state index in [1.807, 2.05) is 24.9 Å². The molecule has 0 amide bonds. The van der Waals surface area contributed by atoms with E-state index in [1.165, 1.54) is 5.69 Å². The summed E-state index contributed by atoms with van der Waals surface area (Å²) in [7, 11) is -2.00. The number of rotatable bonds is 10. The monoisotopic (exact) mass is 311 g/mol. The number of hydrogen-bond acceptors (Lipinski definition) is 3. The molecular formula is C17H30NO2P. The highest BCUT2D eigenvalue weighted by molar-refractivity contribution is 7.63. The lowest BCUT2D eigenvalue weighted by Gasteiger charge is -2.28. The van der Waals surface area contributed by atoms with Gasteiger partial charge in [0.05, 0.1) is 6.61 Å². The third-order valence-corrected chi connectivity index (χ3v) is 5.08. The maximum absolute atomic E-state index is 5.98. The molecule has 0 N–H and O–H groups in total. The molecule has 0 aliphatic carbocycles. The number of benzene rings is 1. The van der Waals surface area contributed by atoms with E-state index in [9.17, 15) is 0 Å². The van der Waals surface area contributed by atoms with Crippen molar-refractivity contribution < 1.29 is 9.05 Å². The van der Waals surface area contributed by atoms with Crippen LogP contribution in [0.2, 0.25) is 0 Å². The van der Waals surface area contributed by atoms with Crippen LogP contribution in [-0.2, 0) is 9.05 Å². The summed E-state index contributed by atoms with van der Waals surface area (Å²) in [6.07, 6.45) is 6.43. The predicted molar refractivity (Wildman–Crippen MR) is 95.4 cm³/mol. The third kappa shape index (κ3) is 6.69. The Balaban J connectivity index is 2.49. The molecular weight excluding hydrogens is 281 g/mol. The minimum atomic E-state index is -2.00. The number of hydrogen-bond donors (Lipinski definition) is 0. The zero-order valence-corrected chi connectivity index (χ0v) is 14.8. The summed E-state index contributed by atoms with van der Waals surface area (Å²) >= 11 is 0. The van der Waals surface area contributed by atoms with Gasteiger partial charge in [0, 0.05) is 18.9 Å². The second-order valence-electron chi connectivity index (χ2n) is 5.44. The molecule has 0 radical (unpaired) electrons. The first-order chi connectivity index (χ1) is 10.0. The summed E-state index contributed by atoms with van der Waals surface area (Å²) < 4.78 is 11.9. The zero-order valence-electron chi connectivity index (χ0n) is 13.9. The summed E-state index contributed by atoms with van der Waals surface area (Å²) in [6.45, 7) is 10.7. The second kappa shape index (κ2) is 9.30. The van der Waals surface area contributed by atoms with E-state index < -0.39 is 7.34 Å². The molecule has 1 aromatic rings. The molecule has 0 saturated heterocycles. The van der Waals surface area contributed by atoms with Gasteiger partial charge in [-0.1, -0.05) is 51.2 Å². The summed E-state index contributed by atoms with van der Waals surface area (Å²) in [5.41, 5.74) is 1.17. The van der Waals surface area contributed by atoms with Crippen molar-refractivity contribution >= 4 is 19.3 Å². The number of anilines is 1. The van der Waals surface area contributed by atoms with Gasteiger partial charge in [-0.25, -0.2) is 0 Å². The van der Waals surface area contributed by atoms with Crippen molar-refractivity contribution in [3.8, 4) is 0 Å². The minimum absolute atomic E-state index is 0.525. The molecule has 1 atom stereocenters. The second-order valence-corrected chi connectivity index (χ2v) is 7.99. The predicted octanol–water partition coefficient (Wildman–Crippen LogP) is 4.85. The Morgan fingerprint density at radius 2 is 1.71 bits per heavy atom. The lowest BCUT2D eigenvalue weighted by Crippen LogP contribution is -2.25. The molecule has 0 fully saturated rings. The molecule has 0 heterocycles. The Morgan fingerprint density at radius 1 is 1.10 bits per heavy atom. The van der Waals surface area contributed by atoms with Crippen LogP contribution in [0.5, 0.6) is 0 Å². The fraction of sp³-hybridized carbons (Fsp3) is 0.588. The van der Waals surface area contributed by atoms with Crippen molar-refractivity contribution in [3.63, 3.8) is 0 Å². The highest BCUT2D eigenvalue weighted by atomic mass is 31.2. The van der Waals surface area contributed by atoms with Crippen molar-refractivity contribution in [3.05, 3.63) is 30.3 Å². The zero-order chi connectivity index (χ0) is 15.7. The molecule has 4 heteroatoms. The topological polar surface area (TPSA) is 21.7 Å². The summed E-state index contributed by atoms with van der Waals surface area (Å²) in [5, 5.41) is 0. The van der Waals surface area contributed by atoms with Crippen molar-refractivity contribution in [1.82, 2.24) is 0 Å². The van der Waals surface area contributed by atoms with Crippen molar-refractivity contribution in [2.24, 2.45) is 5.92 Å². The molecule has 120 valence electrons. The van der Waals surface area contributed by atoms with E-state index in [4.69, 9.17) is 9.05 Å². The fourth-order valence-corrected chi connectivity index (χ4v) is 2.99. The van der Waals surface area contributed by atoms with E-state index >= 15 is 0 Å². The van der Waals surface area contributed by atoms with Crippen LogP contribution in [0, 0.1) is 5.92 Å². The van der Waals surface area contributed by atoms with Crippen LogP contribution >= 0.6 is 7.34 Å². The molecule has 1 aromatic carbocycles. The average molecular weight is 311 g/mol. The maximum atomic E-state index is 5.98. The van der Waals surface area contributed by atoms with E-state index in [0.29, 0.717) is 12.6 Å². The van der Waals surface area contributed by atoms with Gasteiger partial charge in [-0.3, -0.25) is 0 Å². The molecule has 0 aromatic heterocycles. The Morgan fingerprint density at radius 3 is 2.24 bits per heavy atom. The average Bonchev–Trinajstić information content (AvgIpc) is 2.50. The molecule has 0 saturated carbocycles. The summed E-state index contributed by atoms with van der Waals surface area (Å²) in [4.78, 5) is 2.18. The van der Waals surface area contributed by atoms with Gasteiger partial charge < -0.3 is 13.9 Å². The van der Waals surface area contributed by atoms with E-state index in [0.717, 1.165) is 26.0 Å². The van der Waals surface area contributed by atoms with Crippen molar-refractivity contribution in [2.45, 2.75) is 33.6 Å².